The summed E-state index contributed by atoms with van der Waals surface area (Å²) in [5, 5.41) is 0. The fraction of sp³-hybridized carbons (Fsp3) is 0.545. The molecule has 0 radical (unpaired) electrons. The summed E-state index contributed by atoms with van der Waals surface area (Å²) in [5.41, 5.74) is -0.767. The first kappa shape index (κ1) is 20.4. The van der Waals surface area contributed by atoms with Gasteiger partial charge in [0.25, 0.3) is 11.8 Å². The van der Waals surface area contributed by atoms with Crippen LogP contribution in [0.2, 0.25) is 0 Å². The molecule has 0 N–H and O–H groups in total. The van der Waals surface area contributed by atoms with Gasteiger partial charge in [-0.3, -0.25) is 19.3 Å². The molecule has 0 aliphatic carbocycles. The van der Waals surface area contributed by atoms with Gasteiger partial charge in [0.2, 0.25) is 11.6 Å². The molecule has 3 amide bonds. The van der Waals surface area contributed by atoms with E-state index in [-0.39, 0.29) is 43.2 Å². The van der Waals surface area contributed by atoms with E-state index in [1.54, 1.807) is 29.2 Å². The van der Waals surface area contributed by atoms with Crippen molar-refractivity contribution in [1.29, 1.82) is 0 Å². The number of hydrogen-bond acceptors (Lipinski definition) is 5. The van der Waals surface area contributed by atoms with Gasteiger partial charge in [0, 0.05) is 32.5 Å². The monoisotopic (exact) mass is 413 g/mol. The van der Waals surface area contributed by atoms with Crippen molar-refractivity contribution in [3.63, 3.8) is 0 Å². The average molecular weight is 413 g/mol. The van der Waals surface area contributed by atoms with Crippen LogP contribution in [0.1, 0.15) is 55.8 Å². The van der Waals surface area contributed by atoms with Crippen LogP contribution in [0, 0.1) is 0 Å². The van der Waals surface area contributed by atoms with Gasteiger partial charge in [0.15, 0.2) is 6.61 Å². The van der Waals surface area contributed by atoms with E-state index in [1.807, 2.05) is 6.92 Å². The number of rotatable bonds is 4. The summed E-state index contributed by atoms with van der Waals surface area (Å²) >= 11 is 0. The Morgan fingerprint density at radius 1 is 1.20 bits per heavy atom. The Hall–Kier alpha value is -2.90. The molecule has 0 unspecified atom stereocenters. The van der Waals surface area contributed by atoms with Gasteiger partial charge in [0.05, 0.1) is 11.3 Å². The maximum atomic E-state index is 13.3. The minimum atomic E-state index is -1.55. The number of likely N-dealkylation sites (N-methyl/N-ethyl adjacent to an activating group) is 1. The SMILES string of the molecule is CC[C@@H]1CCCCN1C(=O)COC(=O)[C@]12CCC(=O)N1c1ccccc1C(=O)N2C. The molecule has 8 nitrogen and oxygen atoms in total. The molecule has 0 aromatic heterocycles. The van der Waals surface area contributed by atoms with Gasteiger partial charge in [0.1, 0.15) is 0 Å². The predicted octanol–water partition coefficient (Wildman–Crippen LogP) is 1.93. The number of anilines is 1. The summed E-state index contributed by atoms with van der Waals surface area (Å²) in [5.74, 6) is -1.56. The highest BCUT2D eigenvalue weighted by molar-refractivity contribution is 6.15. The smallest absolute Gasteiger partial charge is 0.354 e. The van der Waals surface area contributed by atoms with Crippen LogP contribution in [-0.4, -0.2) is 65.4 Å². The van der Waals surface area contributed by atoms with Crippen molar-refractivity contribution in [3.8, 4) is 0 Å². The van der Waals surface area contributed by atoms with E-state index in [0.717, 1.165) is 25.7 Å². The lowest BCUT2D eigenvalue weighted by atomic mass is 9.97. The summed E-state index contributed by atoms with van der Waals surface area (Å²) in [6, 6.07) is 6.91. The van der Waals surface area contributed by atoms with Gasteiger partial charge in [-0.25, -0.2) is 4.79 Å². The quantitative estimate of drug-likeness (QED) is 0.704. The molecule has 0 bridgehead atoms. The standard InChI is InChI=1S/C22H27N3O5/c1-3-15-8-6-7-13-24(15)19(27)14-30-21(29)22-12-11-18(26)25(22)17-10-5-4-9-16(17)20(28)23(22)2/h4-5,9-10,15H,3,6-8,11-14H2,1-2H3/t15-,22+/m1/s1. The van der Waals surface area contributed by atoms with Crippen molar-refractivity contribution in [2.24, 2.45) is 0 Å². The first-order valence-corrected chi connectivity index (χ1v) is 10.6. The number of benzene rings is 1. The van der Waals surface area contributed by atoms with Crippen molar-refractivity contribution in [2.45, 2.75) is 57.2 Å². The van der Waals surface area contributed by atoms with Crippen molar-refractivity contribution in [2.75, 3.05) is 25.1 Å². The Kier molecular flexibility index (Phi) is 5.26. The number of ether oxygens (including phenoxy) is 1. The molecule has 3 aliphatic heterocycles. The largest absolute Gasteiger partial charge is 0.452 e. The third-order valence-corrected chi connectivity index (χ3v) is 6.61. The van der Waals surface area contributed by atoms with E-state index >= 15 is 0 Å². The van der Waals surface area contributed by atoms with Gasteiger partial charge in [-0.15, -0.1) is 0 Å². The number of para-hydroxylation sites is 1. The van der Waals surface area contributed by atoms with Crippen LogP contribution < -0.4 is 4.90 Å². The van der Waals surface area contributed by atoms with Crippen LogP contribution in [0.5, 0.6) is 0 Å². The first-order chi connectivity index (χ1) is 14.4. The Labute approximate surface area is 175 Å². The van der Waals surface area contributed by atoms with E-state index in [1.165, 1.54) is 16.8 Å². The normalized spacial score (nSPS) is 25.8. The number of carbonyl (C=O) groups is 4. The topological polar surface area (TPSA) is 87.2 Å². The predicted molar refractivity (Wildman–Crippen MR) is 109 cm³/mol. The first-order valence-electron chi connectivity index (χ1n) is 10.6. The van der Waals surface area contributed by atoms with Crippen LogP contribution in [0.3, 0.4) is 0 Å². The van der Waals surface area contributed by atoms with Crippen LogP contribution >= 0.6 is 0 Å². The fourth-order valence-corrected chi connectivity index (χ4v) is 4.97. The van der Waals surface area contributed by atoms with Crippen molar-refractivity contribution in [3.05, 3.63) is 29.8 Å². The van der Waals surface area contributed by atoms with Crippen molar-refractivity contribution in [1.82, 2.24) is 9.80 Å². The maximum absolute atomic E-state index is 13.3. The maximum Gasteiger partial charge on any atom is 0.354 e. The van der Waals surface area contributed by atoms with Crippen molar-refractivity contribution >= 4 is 29.4 Å². The molecule has 1 aromatic rings. The lowest BCUT2D eigenvalue weighted by molar-refractivity contribution is -0.162. The second kappa shape index (κ2) is 7.74. The molecule has 0 saturated carbocycles. The van der Waals surface area contributed by atoms with Crippen LogP contribution in [0.4, 0.5) is 5.69 Å². The Bertz CT molecular complexity index is 901. The van der Waals surface area contributed by atoms with Gasteiger partial charge in [-0.05, 0) is 37.8 Å². The minimum absolute atomic E-state index is 0.124. The Morgan fingerprint density at radius 3 is 2.73 bits per heavy atom. The van der Waals surface area contributed by atoms with E-state index in [2.05, 4.69) is 0 Å². The highest BCUT2D eigenvalue weighted by Crippen LogP contribution is 2.44. The molecule has 8 heteroatoms. The highest BCUT2D eigenvalue weighted by Gasteiger charge is 2.60. The molecule has 4 rings (SSSR count). The number of nitrogens with zero attached hydrogens (tertiary/aromatic N) is 3. The Morgan fingerprint density at radius 2 is 1.97 bits per heavy atom. The zero-order valence-electron chi connectivity index (χ0n) is 17.4. The third kappa shape index (κ3) is 2.97. The number of amides is 3. The fourth-order valence-electron chi connectivity index (χ4n) is 4.97. The van der Waals surface area contributed by atoms with Crippen molar-refractivity contribution < 1.29 is 23.9 Å². The molecule has 2 fully saturated rings. The number of hydrogen-bond donors (Lipinski definition) is 0. The molecule has 30 heavy (non-hydrogen) atoms. The second-order valence-electron chi connectivity index (χ2n) is 8.15. The lowest BCUT2D eigenvalue weighted by Gasteiger charge is -2.46. The molecule has 3 heterocycles. The lowest BCUT2D eigenvalue weighted by Crippen LogP contribution is -2.67. The summed E-state index contributed by atoms with van der Waals surface area (Å²) in [6.45, 7) is 2.32. The second-order valence-corrected chi connectivity index (χ2v) is 8.15. The number of esters is 1. The summed E-state index contributed by atoms with van der Waals surface area (Å²) < 4.78 is 5.46. The summed E-state index contributed by atoms with van der Waals surface area (Å²) in [7, 11) is 1.50. The molecule has 1 aromatic carbocycles. The van der Waals surface area contributed by atoms with E-state index < -0.39 is 11.6 Å². The van der Waals surface area contributed by atoms with Crippen LogP contribution in [0.15, 0.2) is 24.3 Å². The molecule has 0 spiro atoms. The van der Waals surface area contributed by atoms with Crippen LogP contribution in [-0.2, 0) is 19.1 Å². The zero-order valence-corrected chi connectivity index (χ0v) is 17.4. The minimum Gasteiger partial charge on any atom is -0.452 e. The summed E-state index contributed by atoms with van der Waals surface area (Å²) in [6.07, 6.45) is 4.11. The number of fused-ring (bicyclic) bond motifs is 3. The number of piperidine rings is 1. The number of likely N-dealkylation sites (tertiary alicyclic amines) is 1. The van der Waals surface area contributed by atoms with Gasteiger partial charge in [-0.1, -0.05) is 19.1 Å². The summed E-state index contributed by atoms with van der Waals surface area (Å²) in [4.78, 5) is 56.1. The zero-order chi connectivity index (χ0) is 21.5. The van der Waals surface area contributed by atoms with Gasteiger partial charge < -0.3 is 14.5 Å². The Balaban J connectivity index is 1.57. The third-order valence-electron chi connectivity index (χ3n) is 6.61. The van der Waals surface area contributed by atoms with Gasteiger partial charge >= 0.3 is 5.97 Å². The molecule has 2 atom stereocenters. The molecular weight excluding hydrogens is 386 g/mol. The van der Waals surface area contributed by atoms with E-state index in [9.17, 15) is 19.2 Å². The van der Waals surface area contributed by atoms with Gasteiger partial charge in [-0.2, -0.15) is 0 Å². The van der Waals surface area contributed by atoms with E-state index in [4.69, 9.17) is 4.74 Å². The van der Waals surface area contributed by atoms with Crippen LogP contribution in [0.25, 0.3) is 0 Å². The molecule has 3 aliphatic rings. The molecule has 2 saturated heterocycles. The van der Waals surface area contributed by atoms with E-state index in [0.29, 0.717) is 17.8 Å². The average Bonchev–Trinajstić information content (AvgIpc) is 3.14. The highest BCUT2D eigenvalue weighted by atomic mass is 16.5. The molecule has 160 valence electrons. The molecular formula is C22H27N3O5. The number of carbonyl (C=O) groups excluding carboxylic acids is 4.